The van der Waals surface area contributed by atoms with E-state index in [9.17, 15) is 23.1 Å². The molecular weight excluding hydrogens is 240 g/mol. The van der Waals surface area contributed by atoms with E-state index in [0.717, 1.165) is 11.3 Å². The van der Waals surface area contributed by atoms with Gasteiger partial charge in [-0.15, -0.1) is 11.3 Å². The Kier molecular flexibility index (Phi) is 5.58. The molecule has 0 unspecified atom stereocenters. The van der Waals surface area contributed by atoms with E-state index in [1.54, 1.807) is 5.38 Å². The number of hydrogen-bond donors (Lipinski definition) is 0. The molecule has 0 amide bonds. The van der Waals surface area contributed by atoms with Crippen molar-refractivity contribution in [2.45, 2.75) is 6.18 Å². The SMILES string of the molecule is O=C(/C=C(\[O-])c1cccs1)C(F)(F)F.[Na+]. The maximum atomic E-state index is 11.7. The summed E-state index contributed by atoms with van der Waals surface area (Å²) in [7, 11) is 0. The Labute approximate surface area is 110 Å². The van der Waals surface area contributed by atoms with Crippen molar-refractivity contribution in [2.75, 3.05) is 0 Å². The molecule has 0 atom stereocenters. The van der Waals surface area contributed by atoms with Crippen LogP contribution in [0.3, 0.4) is 0 Å². The van der Waals surface area contributed by atoms with Crippen molar-refractivity contribution < 1.29 is 52.6 Å². The van der Waals surface area contributed by atoms with Gasteiger partial charge in [0.05, 0.1) is 0 Å². The molecule has 0 aliphatic heterocycles. The minimum absolute atomic E-state index is 0. The number of allylic oxidation sites excluding steroid dienone is 1. The van der Waals surface area contributed by atoms with Gasteiger partial charge in [-0.3, -0.25) is 4.79 Å². The van der Waals surface area contributed by atoms with E-state index in [1.807, 2.05) is 0 Å². The number of carbonyl (C=O) groups excluding carboxylic acids is 1. The third kappa shape index (κ3) is 4.38. The second kappa shape index (κ2) is 5.69. The zero-order valence-corrected chi connectivity index (χ0v) is 10.5. The van der Waals surface area contributed by atoms with Crippen LogP contribution in [0.15, 0.2) is 23.6 Å². The number of rotatable bonds is 2. The number of hydrogen-bond acceptors (Lipinski definition) is 3. The molecule has 0 aromatic carbocycles. The molecule has 1 heterocycles. The van der Waals surface area contributed by atoms with E-state index in [2.05, 4.69) is 0 Å². The van der Waals surface area contributed by atoms with Gasteiger partial charge in [0.1, 0.15) is 0 Å². The summed E-state index contributed by atoms with van der Waals surface area (Å²) in [6, 6.07) is 2.87. The summed E-state index contributed by atoms with van der Waals surface area (Å²) in [5, 5.41) is 12.5. The molecule has 1 aromatic rings. The molecule has 0 radical (unpaired) electrons. The minimum atomic E-state index is -4.98. The van der Waals surface area contributed by atoms with Gasteiger partial charge in [0, 0.05) is 4.88 Å². The zero-order chi connectivity index (χ0) is 10.8. The molecule has 2 nitrogen and oxygen atoms in total. The second-order valence-corrected chi connectivity index (χ2v) is 3.30. The van der Waals surface area contributed by atoms with Gasteiger partial charge in [-0.25, -0.2) is 0 Å². The molecular formula is C8H4F3NaO2S. The summed E-state index contributed by atoms with van der Waals surface area (Å²) in [6.45, 7) is 0. The molecule has 15 heavy (non-hydrogen) atoms. The number of halogens is 3. The standard InChI is InChI=1S/C8H5F3O2S.Na/c9-8(10,11)7(13)4-5(12)6-2-1-3-14-6;/h1-4,12H;/q;+1/p-1/b5-4-;. The molecule has 0 saturated carbocycles. The van der Waals surface area contributed by atoms with Gasteiger partial charge in [-0.2, -0.15) is 13.2 Å². The molecule has 0 bridgehead atoms. The summed E-state index contributed by atoms with van der Waals surface area (Å²) in [6.07, 6.45) is -4.92. The Balaban J connectivity index is 0.00000196. The van der Waals surface area contributed by atoms with Crippen molar-refractivity contribution in [3.63, 3.8) is 0 Å². The maximum absolute atomic E-state index is 11.7. The molecule has 1 aromatic heterocycles. The van der Waals surface area contributed by atoms with E-state index < -0.39 is 17.7 Å². The van der Waals surface area contributed by atoms with Crippen molar-refractivity contribution in [1.29, 1.82) is 0 Å². The first-order chi connectivity index (χ1) is 6.41. The predicted molar refractivity (Wildman–Crippen MR) is 43.4 cm³/mol. The smallest absolute Gasteiger partial charge is 0.871 e. The Morgan fingerprint density at radius 3 is 2.47 bits per heavy atom. The van der Waals surface area contributed by atoms with Crippen LogP contribution in [0, 0.1) is 0 Å². The van der Waals surface area contributed by atoms with Crippen molar-refractivity contribution in [1.82, 2.24) is 0 Å². The topological polar surface area (TPSA) is 40.1 Å². The molecule has 0 spiro atoms. The van der Waals surface area contributed by atoms with E-state index in [0.29, 0.717) is 0 Å². The summed E-state index contributed by atoms with van der Waals surface area (Å²) in [4.78, 5) is 10.5. The molecule has 0 fully saturated rings. The van der Waals surface area contributed by atoms with Gasteiger partial charge in [0.15, 0.2) is 0 Å². The zero-order valence-electron chi connectivity index (χ0n) is 7.67. The minimum Gasteiger partial charge on any atom is -0.871 e. The number of ketones is 1. The van der Waals surface area contributed by atoms with Crippen LogP contribution in [0.5, 0.6) is 0 Å². The molecule has 0 N–H and O–H groups in total. The van der Waals surface area contributed by atoms with Crippen LogP contribution < -0.4 is 34.7 Å². The Hall–Kier alpha value is -0.300. The van der Waals surface area contributed by atoms with E-state index in [-0.39, 0.29) is 40.5 Å². The van der Waals surface area contributed by atoms with Crippen molar-refractivity contribution in [3.05, 3.63) is 28.5 Å². The number of carbonyl (C=O) groups is 1. The molecule has 0 saturated heterocycles. The van der Waals surface area contributed by atoms with Crippen LogP contribution in [0.1, 0.15) is 4.88 Å². The summed E-state index contributed by atoms with van der Waals surface area (Å²) in [5.41, 5.74) is 0. The van der Waals surface area contributed by atoms with Gasteiger partial charge < -0.3 is 5.11 Å². The third-order valence-corrected chi connectivity index (χ3v) is 2.19. The van der Waals surface area contributed by atoms with Crippen LogP contribution in [-0.2, 0) is 4.79 Å². The first kappa shape index (κ1) is 14.7. The Morgan fingerprint density at radius 1 is 1.47 bits per heavy atom. The average molecular weight is 244 g/mol. The quantitative estimate of drug-likeness (QED) is 0.364. The second-order valence-electron chi connectivity index (χ2n) is 2.35. The molecule has 1 rings (SSSR count). The van der Waals surface area contributed by atoms with E-state index >= 15 is 0 Å². The fourth-order valence-electron chi connectivity index (χ4n) is 0.691. The van der Waals surface area contributed by atoms with Crippen molar-refractivity contribution in [3.8, 4) is 0 Å². The summed E-state index contributed by atoms with van der Waals surface area (Å²) >= 11 is 0.983. The van der Waals surface area contributed by atoms with Gasteiger partial charge in [-0.1, -0.05) is 11.8 Å². The summed E-state index contributed by atoms with van der Waals surface area (Å²) < 4.78 is 35.2. The molecule has 76 valence electrons. The van der Waals surface area contributed by atoms with Gasteiger partial charge in [0.2, 0.25) is 0 Å². The predicted octanol–water partition coefficient (Wildman–Crippen LogP) is -1.42. The molecule has 7 heteroatoms. The molecule has 0 aliphatic rings. The fraction of sp³-hybridized carbons (Fsp3) is 0.125. The van der Waals surface area contributed by atoms with Crippen LogP contribution in [0.4, 0.5) is 13.2 Å². The van der Waals surface area contributed by atoms with Crippen LogP contribution in [-0.4, -0.2) is 12.0 Å². The fourth-order valence-corrected chi connectivity index (χ4v) is 1.33. The third-order valence-electron chi connectivity index (χ3n) is 1.31. The van der Waals surface area contributed by atoms with E-state index in [1.165, 1.54) is 12.1 Å². The monoisotopic (exact) mass is 244 g/mol. The van der Waals surface area contributed by atoms with Crippen molar-refractivity contribution in [2.24, 2.45) is 0 Å². The van der Waals surface area contributed by atoms with Gasteiger partial charge in [0.25, 0.3) is 5.78 Å². The largest absolute Gasteiger partial charge is 1.00 e. The Morgan fingerprint density at radius 2 is 2.07 bits per heavy atom. The molecule has 0 aliphatic carbocycles. The first-order valence-electron chi connectivity index (χ1n) is 3.45. The number of thiophene rings is 1. The average Bonchev–Trinajstić information content (AvgIpc) is 2.53. The first-order valence-corrected chi connectivity index (χ1v) is 4.33. The van der Waals surface area contributed by atoms with Crippen LogP contribution in [0.25, 0.3) is 5.76 Å². The van der Waals surface area contributed by atoms with Gasteiger partial charge >= 0.3 is 35.7 Å². The van der Waals surface area contributed by atoms with Gasteiger partial charge in [-0.05, 0) is 17.5 Å². The maximum Gasteiger partial charge on any atom is 1.00 e. The Bertz CT molecular complexity index is 356. The van der Waals surface area contributed by atoms with Crippen LogP contribution >= 0.6 is 11.3 Å². The van der Waals surface area contributed by atoms with Crippen molar-refractivity contribution >= 4 is 22.9 Å². The number of alkyl halides is 3. The normalized spacial score (nSPS) is 12.1. The van der Waals surface area contributed by atoms with E-state index in [4.69, 9.17) is 0 Å². The van der Waals surface area contributed by atoms with Crippen LogP contribution in [0.2, 0.25) is 0 Å². The summed E-state index contributed by atoms with van der Waals surface area (Å²) in [5.74, 6) is -3.04.